The van der Waals surface area contributed by atoms with Gasteiger partial charge in [0.05, 0.1) is 18.5 Å². The summed E-state index contributed by atoms with van der Waals surface area (Å²) in [5.41, 5.74) is 0.516. The average Bonchev–Trinajstić information content (AvgIpc) is 2.80. The van der Waals surface area contributed by atoms with E-state index in [1.54, 1.807) is 30.1 Å². The molecule has 0 saturated heterocycles. The molecule has 0 radical (unpaired) electrons. The van der Waals surface area contributed by atoms with Crippen LogP contribution in [0.25, 0.3) is 0 Å². The maximum Gasteiger partial charge on any atom is 0.166 e. The number of nitrogens with zero attached hydrogens (tertiary/aromatic N) is 2. The Morgan fingerprint density at radius 2 is 2.05 bits per heavy atom. The molecule has 1 aromatic carbocycles. The predicted octanol–water partition coefficient (Wildman–Crippen LogP) is 3.45. The first kappa shape index (κ1) is 13.5. The van der Waals surface area contributed by atoms with Crippen molar-refractivity contribution < 1.29 is 14.2 Å². The number of aliphatic hydroxyl groups is 1. The van der Waals surface area contributed by atoms with E-state index in [1.807, 2.05) is 13.8 Å². The molecule has 0 fully saturated rings. The van der Waals surface area contributed by atoms with Crippen LogP contribution in [-0.2, 0) is 0 Å². The molecule has 0 bridgehead atoms. The smallest absolute Gasteiger partial charge is 0.166 e. The highest BCUT2D eigenvalue weighted by Gasteiger charge is 2.10. The molecule has 1 atom stereocenters. The second-order valence-corrected chi connectivity index (χ2v) is 4.72. The monoisotopic (exact) mass is 264 g/mol. The Morgan fingerprint density at radius 3 is 2.58 bits per heavy atom. The molecule has 2 aromatic rings. The van der Waals surface area contributed by atoms with Gasteiger partial charge < -0.3 is 9.84 Å². The van der Waals surface area contributed by atoms with Crippen LogP contribution in [0, 0.1) is 5.82 Å². The lowest BCUT2D eigenvalue weighted by Gasteiger charge is -2.08. The number of halogens is 1. The molecule has 0 aliphatic heterocycles. The maximum absolute atomic E-state index is 13.8. The van der Waals surface area contributed by atoms with Crippen LogP contribution in [0.3, 0.4) is 0 Å². The molecule has 1 N–H and O–H groups in total. The first-order valence-electron chi connectivity index (χ1n) is 6.17. The van der Waals surface area contributed by atoms with E-state index in [0.717, 1.165) is 0 Å². The van der Waals surface area contributed by atoms with E-state index in [0.29, 0.717) is 11.3 Å². The molecule has 19 heavy (non-hydrogen) atoms. The van der Waals surface area contributed by atoms with Crippen molar-refractivity contribution in [3.05, 3.63) is 42.0 Å². The number of hydrogen-bond donors (Lipinski definition) is 1. The zero-order valence-corrected chi connectivity index (χ0v) is 11.2. The molecule has 0 aliphatic carbocycles. The number of hydrogen-bond acceptors (Lipinski definition) is 3. The molecule has 1 aromatic heterocycles. The van der Waals surface area contributed by atoms with Gasteiger partial charge in [-0.1, -0.05) is 6.07 Å². The van der Waals surface area contributed by atoms with Gasteiger partial charge in [-0.05, 0) is 38.5 Å². The van der Waals surface area contributed by atoms with Crippen LogP contribution in [0.1, 0.15) is 38.5 Å². The van der Waals surface area contributed by atoms with Crippen molar-refractivity contribution in [2.24, 2.45) is 0 Å². The Bertz CT molecular complexity index is 564. The van der Waals surface area contributed by atoms with E-state index in [1.165, 1.54) is 12.1 Å². The molecule has 2 rings (SSSR count). The third kappa shape index (κ3) is 3.12. The van der Waals surface area contributed by atoms with Crippen molar-refractivity contribution in [2.45, 2.75) is 32.9 Å². The Hall–Kier alpha value is -1.88. The van der Waals surface area contributed by atoms with Crippen LogP contribution in [-0.4, -0.2) is 14.9 Å². The molecule has 1 unspecified atom stereocenters. The summed E-state index contributed by atoms with van der Waals surface area (Å²) in [6, 6.07) is 4.63. The second kappa shape index (κ2) is 5.40. The molecule has 5 heteroatoms. The molecule has 0 amide bonds. The van der Waals surface area contributed by atoms with E-state index in [-0.39, 0.29) is 11.8 Å². The highest BCUT2D eigenvalue weighted by Crippen LogP contribution is 2.27. The Labute approximate surface area is 111 Å². The van der Waals surface area contributed by atoms with Crippen molar-refractivity contribution >= 4 is 0 Å². The summed E-state index contributed by atoms with van der Waals surface area (Å²) in [6.45, 7) is 5.57. The van der Waals surface area contributed by atoms with Gasteiger partial charge in [0, 0.05) is 6.04 Å². The highest BCUT2D eigenvalue weighted by molar-refractivity contribution is 5.33. The number of rotatable bonds is 4. The minimum absolute atomic E-state index is 0.118. The van der Waals surface area contributed by atoms with E-state index in [2.05, 4.69) is 5.10 Å². The van der Waals surface area contributed by atoms with Gasteiger partial charge in [0.15, 0.2) is 17.3 Å². The summed E-state index contributed by atoms with van der Waals surface area (Å²) in [7, 11) is 0. The fraction of sp³-hybridized carbons (Fsp3) is 0.357. The van der Waals surface area contributed by atoms with Gasteiger partial charge in [-0.15, -0.1) is 0 Å². The van der Waals surface area contributed by atoms with Crippen molar-refractivity contribution in [3.63, 3.8) is 0 Å². The Kier molecular flexibility index (Phi) is 3.85. The summed E-state index contributed by atoms with van der Waals surface area (Å²) in [6.07, 6.45) is 2.56. The number of aromatic nitrogens is 2. The third-order valence-electron chi connectivity index (χ3n) is 2.77. The summed E-state index contributed by atoms with van der Waals surface area (Å²) in [4.78, 5) is 0. The summed E-state index contributed by atoms with van der Waals surface area (Å²) in [5, 5.41) is 13.5. The zero-order valence-electron chi connectivity index (χ0n) is 11.2. The van der Waals surface area contributed by atoms with Gasteiger partial charge in [-0.2, -0.15) is 5.10 Å². The quantitative estimate of drug-likeness (QED) is 0.920. The first-order chi connectivity index (χ1) is 8.97. The van der Waals surface area contributed by atoms with Crippen molar-refractivity contribution in [3.8, 4) is 11.5 Å². The van der Waals surface area contributed by atoms with Gasteiger partial charge in [-0.3, -0.25) is 4.68 Å². The predicted molar refractivity (Wildman–Crippen MR) is 69.7 cm³/mol. The minimum atomic E-state index is -0.702. The van der Waals surface area contributed by atoms with Gasteiger partial charge in [0.1, 0.15) is 0 Å². The highest BCUT2D eigenvalue weighted by atomic mass is 19.1. The van der Waals surface area contributed by atoms with Crippen LogP contribution >= 0.6 is 0 Å². The normalized spacial score (nSPS) is 12.7. The molecular weight excluding hydrogens is 247 g/mol. The van der Waals surface area contributed by atoms with E-state index >= 15 is 0 Å². The van der Waals surface area contributed by atoms with Crippen LogP contribution in [0.5, 0.6) is 11.5 Å². The third-order valence-corrected chi connectivity index (χ3v) is 2.77. The molecule has 0 aliphatic rings. The lowest BCUT2D eigenvalue weighted by molar-refractivity contribution is 0.198. The molecule has 0 spiro atoms. The van der Waals surface area contributed by atoms with E-state index in [4.69, 9.17) is 4.74 Å². The van der Waals surface area contributed by atoms with Gasteiger partial charge in [0.2, 0.25) is 0 Å². The van der Waals surface area contributed by atoms with Crippen molar-refractivity contribution in [2.75, 3.05) is 0 Å². The zero-order chi connectivity index (χ0) is 14.0. The lowest BCUT2D eigenvalue weighted by atomic mass is 10.1. The number of benzene rings is 1. The summed E-state index contributed by atoms with van der Waals surface area (Å²) >= 11 is 0. The van der Waals surface area contributed by atoms with Gasteiger partial charge in [-0.25, -0.2) is 4.39 Å². The average molecular weight is 264 g/mol. The van der Waals surface area contributed by atoms with Crippen molar-refractivity contribution in [1.29, 1.82) is 0 Å². The van der Waals surface area contributed by atoms with E-state index in [9.17, 15) is 9.50 Å². The van der Waals surface area contributed by atoms with Gasteiger partial charge in [0.25, 0.3) is 0 Å². The van der Waals surface area contributed by atoms with Crippen molar-refractivity contribution in [1.82, 2.24) is 9.78 Å². The number of ether oxygens (including phenoxy) is 1. The lowest BCUT2D eigenvalue weighted by Crippen LogP contribution is -1.99. The Morgan fingerprint density at radius 1 is 1.32 bits per heavy atom. The number of aliphatic hydroxyl groups excluding tert-OH is 1. The fourth-order valence-electron chi connectivity index (χ4n) is 1.64. The van der Waals surface area contributed by atoms with Crippen LogP contribution in [0.15, 0.2) is 30.6 Å². The molecule has 0 saturated carbocycles. The fourth-order valence-corrected chi connectivity index (χ4v) is 1.64. The SMILES string of the molecule is CC(O)c1ccc(Oc2cnn(C(C)C)c2)c(F)c1. The largest absolute Gasteiger partial charge is 0.451 e. The molecule has 102 valence electrons. The molecule has 1 heterocycles. The van der Waals surface area contributed by atoms with Crippen LogP contribution < -0.4 is 4.74 Å². The van der Waals surface area contributed by atoms with E-state index < -0.39 is 11.9 Å². The first-order valence-corrected chi connectivity index (χ1v) is 6.17. The topological polar surface area (TPSA) is 47.3 Å². The van der Waals surface area contributed by atoms with Crippen LogP contribution in [0.4, 0.5) is 4.39 Å². The molecule has 4 nitrogen and oxygen atoms in total. The standard InChI is InChI=1S/C14H17FN2O2/c1-9(2)17-8-12(7-16-17)19-14-5-4-11(10(3)18)6-13(14)15/h4-10,18H,1-3H3. The minimum Gasteiger partial charge on any atom is -0.451 e. The summed E-state index contributed by atoms with van der Waals surface area (Å²) in [5.74, 6) is 0.0980. The Balaban J connectivity index is 2.18. The summed E-state index contributed by atoms with van der Waals surface area (Å²) < 4.78 is 21.0. The second-order valence-electron chi connectivity index (χ2n) is 4.72. The van der Waals surface area contributed by atoms with Crippen LogP contribution in [0.2, 0.25) is 0 Å². The van der Waals surface area contributed by atoms with Gasteiger partial charge >= 0.3 is 0 Å². The maximum atomic E-state index is 13.8. The molecular formula is C14H17FN2O2.